The van der Waals surface area contributed by atoms with Crippen LogP contribution in [0.1, 0.15) is 11.1 Å². The molecular formula is C23H30N4O4. The smallest absolute Gasteiger partial charge is 0.254 e. The normalized spacial score (nSPS) is 15.1. The largest absolute Gasteiger partial charge is 0.493 e. The Balaban J connectivity index is 1.47. The van der Waals surface area contributed by atoms with Crippen LogP contribution in [0.3, 0.4) is 0 Å². The second kappa shape index (κ2) is 11.3. The summed E-state index contributed by atoms with van der Waals surface area (Å²) in [4.78, 5) is 16.8. The van der Waals surface area contributed by atoms with Crippen LogP contribution >= 0.6 is 0 Å². The van der Waals surface area contributed by atoms with Crippen molar-refractivity contribution in [3.63, 3.8) is 0 Å². The van der Waals surface area contributed by atoms with Crippen LogP contribution < -0.4 is 19.6 Å². The van der Waals surface area contributed by atoms with Crippen molar-refractivity contribution >= 4 is 12.1 Å². The molecule has 0 aliphatic carbocycles. The van der Waals surface area contributed by atoms with E-state index in [1.165, 1.54) is 11.8 Å². The van der Waals surface area contributed by atoms with Gasteiger partial charge >= 0.3 is 0 Å². The first-order chi connectivity index (χ1) is 15.1. The van der Waals surface area contributed by atoms with E-state index in [2.05, 4.69) is 44.6 Å². The summed E-state index contributed by atoms with van der Waals surface area (Å²) < 4.78 is 16.1. The van der Waals surface area contributed by atoms with E-state index >= 15 is 0 Å². The molecule has 3 rings (SSSR count). The average molecular weight is 427 g/mol. The molecule has 8 nitrogen and oxygen atoms in total. The summed E-state index contributed by atoms with van der Waals surface area (Å²) in [5.74, 6) is 1.39. The van der Waals surface area contributed by atoms with Gasteiger partial charge in [0.2, 0.25) is 5.75 Å². The lowest BCUT2D eigenvalue weighted by Gasteiger charge is -2.34. The van der Waals surface area contributed by atoms with Gasteiger partial charge < -0.3 is 14.2 Å². The van der Waals surface area contributed by atoms with Gasteiger partial charge in [-0.3, -0.25) is 14.6 Å². The molecular weight excluding hydrogens is 396 g/mol. The zero-order valence-electron chi connectivity index (χ0n) is 18.3. The average Bonchev–Trinajstić information content (AvgIpc) is 2.80. The van der Waals surface area contributed by atoms with Gasteiger partial charge in [0.05, 0.1) is 34.1 Å². The Hall–Kier alpha value is -3.10. The highest BCUT2D eigenvalue weighted by Gasteiger charge is 2.19. The molecule has 1 fully saturated rings. The van der Waals surface area contributed by atoms with Gasteiger partial charge in [0.25, 0.3) is 5.91 Å². The Morgan fingerprint density at radius 3 is 2.26 bits per heavy atom. The molecule has 0 saturated carbocycles. The number of benzene rings is 2. The number of ether oxygens (including phenoxy) is 3. The van der Waals surface area contributed by atoms with Crippen molar-refractivity contribution in [1.82, 2.24) is 15.2 Å². The van der Waals surface area contributed by atoms with E-state index in [0.717, 1.165) is 32.7 Å². The highest BCUT2D eigenvalue weighted by atomic mass is 16.5. The third-order valence-corrected chi connectivity index (χ3v) is 5.21. The van der Waals surface area contributed by atoms with Gasteiger partial charge in [-0.05, 0) is 17.7 Å². The van der Waals surface area contributed by atoms with Gasteiger partial charge in [0, 0.05) is 38.3 Å². The minimum atomic E-state index is -0.146. The van der Waals surface area contributed by atoms with Crippen molar-refractivity contribution in [3.8, 4) is 17.2 Å². The second-order valence-corrected chi connectivity index (χ2v) is 7.25. The summed E-state index contributed by atoms with van der Waals surface area (Å²) in [5, 5.41) is 4.08. The molecule has 1 aliphatic heterocycles. The number of carbonyl (C=O) groups excluding carboxylic acids is 1. The van der Waals surface area contributed by atoms with E-state index in [9.17, 15) is 4.79 Å². The molecule has 0 unspecified atom stereocenters. The number of hydrazone groups is 1. The summed E-state index contributed by atoms with van der Waals surface area (Å²) in [6.07, 6.45) is 1.54. The number of amides is 1. The number of rotatable bonds is 9. The van der Waals surface area contributed by atoms with Crippen molar-refractivity contribution in [2.24, 2.45) is 5.10 Å². The highest BCUT2D eigenvalue weighted by Crippen LogP contribution is 2.38. The lowest BCUT2D eigenvalue weighted by molar-refractivity contribution is -0.122. The van der Waals surface area contributed by atoms with Crippen LogP contribution in [0.15, 0.2) is 47.6 Å². The lowest BCUT2D eigenvalue weighted by atomic mass is 10.2. The molecule has 2 aromatic rings. The molecule has 31 heavy (non-hydrogen) atoms. The molecule has 1 amide bonds. The van der Waals surface area contributed by atoms with E-state index in [1.807, 2.05) is 6.07 Å². The zero-order chi connectivity index (χ0) is 22.1. The topological polar surface area (TPSA) is 75.6 Å². The van der Waals surface area contributed by atoms with E-state index in [4.69, 9.17) is 14.2 Å². The Labute approximate surface area is 183 Å². The molecule has 166 valence electrons. The molecule has 1 N–H and O–H groups in total. The van der Waals surface area contributed by atoms with Crippen LogP contribution in [-0.2, 0) is 11.3 Å². The summed E-state index contributed by atoms with van der Waals surface area (Å²) in [7, 11) is 4.65. The molecule has 8 heteroatoms. The number of hydrogen-bond acceptors (Lipinski definition) is 7. The maximum atomic E-state index is 12.3. The fraction of sp³-hybridized carbons (Fsp3) is 0.391. The number of nitrogens with one attached hydrogen (secondary N) is 1. The van der Waals surface area contributed by atoms with Crippen LogP contribution in [0.25, 0.3) is 0 Å². The third-order valence-electron chi connectivity index (χ3n) is 5.21. The molecule has 1 aliphatic rings. The maximum absolute atomic E-state index is 12.3. The number of carbonyl (C=O) groups is 1. The number of piperazine rings is 1. The Morgan fingerprint density at radius 2 is 1.61 bits per heavy atom. The maximum Gasteiger partial charge on any atom is 0.254 e. The first-order valence-electron chi connectivity index (χ1n) is 10.2. The second-order valence-electron chi connectivity index (χ2n) is 7.25. The monoisotopic (exact) mass is 426 g/mol. The predicted molar refractivity (Wildman–Crippen MR) is 120 cm³/mol. The Morgan fingerprint density at radius 1 is 0.935 bits per heavy atom. The molecule has 0 atom stereocenters. The number of hydrogen-bond donors (Lipinski definition) is 1. The standard InChI is InChI=1S/C23H30N4O4/c1-29-20-10-9-19(22(30-2)23(20)31-3)15-24-25-21(28)17-27-13-11-26(12-14-27)16-18-7-5-4-6-8-18/h4-10,15H,11-14,16-17H2,1-3H3,(H,25,28)/b24-15-. The van der Waals surface area contributed by atoms with Crippen molar-refractivity contribution in [3.05, 3.63) is 53.6 Å². The van der Waals surface area contributed by atoms with Crippen LogP contribution in [0.4, 0.5) is 0 Å². The van der Waals surface area contributed by atoms with Gasteiger partial charge in [-0.1, -0.05) is 30.3 Å². The van der Waals surface area contributed by atoms with Gasteiger partial charge in [0.1, 0.15) is 0 Å². The molecule has 1 saturated heterocycles. The molecule has 0 bridgehead atoms. The summed E-state index contributed by atoms with van der Waals surface area (Å²) in [6.45, 7) is 4.85. The number of methoxy groups -OCH3 is 3. The van der Waals surface area contributed by atoms with Gasteiger partial charge in [-0.15, -0.1) is 0 Å². The zero-order valence-corrected chi connectivity index (χ0v) is 18.3. The molecule has 1 heterocycles. The predicted octanol–water partition coefficient (Wildman–Crippen LogP) is 1.98. The fourth-order valence-corrected chi connectivity index (χ4v) is 3.59. The summed E-state index contributed by atoms with van der Waals surface area (Å²) >= 11 is 0. The van der Waals surface area contributed by atoms with E-state index < -0.39 is 0 Å². The van der Waals surface area contributed by atoms with E-state index in [0.29, 0.717) is 29.4 Å². The van der Waals surface area contributed by atoms with Crippen LogP contribution in [0, 0.1) is 0 Å². The highest BCUT2D eigenvalue weighted by molar-refractivity contribution is 5.87. The van der Waals surface area contributed by atoms with E-state index in [1.54, 1.807) is 33.5 Å². The molecule has 0 radical (unpaired) electrons. The molecule has 2 aromatic carbocycles. The Kier molecular flexibility index (Phi) is 8.26. The lowest BCUT2D eigenvalue weighted by Crippen LogP contribution is -2.48. The van der Waals surface area contributed by atoms with Gasteiger partial charge in [-0.25, -0.2) is 5.43 Å². The first kappa shape index (κ1) is 22.6. The minimum Gasteiger partial charge on any atom is -0.493 e. The first-order valence-corrected chi connectivity index (χ1v) is 10.2. The Bertz CT molecular complexity index is 881. The van der Waals surface area contributed by atoms with E-state index in [-0.39, 0.29) is 5.91 Å². The fourth-order valence-electron chi connectivity index (χ4n) is 3.59. The van der Waals surface area contributed by atoms with Gasteiger partial charge in [-0.2, -0.15) is 5.10 Å². The van der Waals surface area contributed by atoms with Crippen molar-refractivity contribution in [2.45, 2.75) is 6.54 Å². The van der Waals surface area contributed by atoms with Crippen LogP contribution in [0.5, 0.6) is 17.2 Å². The minimum absolute atomic E-state index is 0.146. The SMILES string of the molecule is COc1ccc(/C=N\NC(=O)CN2CCN(Cc3ccccc3)CC2)c(OC)c1OC. The van der Waals surface area contributed by atoms with Crippen molar-refractivity contribution in [1.29, 1.82) is 0 Å². The summed E-state index contributed by atoms with van der Waals surface area (Å²) in [6, 6.07) is 14.0. The van der Waals surface area contributed by atoms with Crippen LogP contribution in [0.2, 0.25) is 0 Å². The third kappa shape index (κ3) is 6.19. The molecule has 0 spiro atoms. The summed E-state index contributed by atoms with van der Waals surface area (Å²) in [5.41, 5.74) is 4.58. The van der Waals surface area contributed by atoms with Crippen LogP contribution in [-0.4, -0.2) is 76.0 Å². The van der Waals surface area contributed by atoms with Gasteiger partial charge in [0.15, 0.2) is 11.5 Å². The van der Waals surface area contributed by atoms with Crippen molar-refractivity contribution < 1.29 is 19.0 Å². The quantitative estimate of drug-likeness (QED) is 0.488. The molecule has 0 aromatic heterocycles. The number of nitrogens with zero attached hydrogens (tertiary/aromatic N) is 3. The van der Waals surface area contributed by atoms with Crippen molar-refractivity contribution in [2.75, 3.05) is 54.1 Å².